The Kier molecular flexibility index (Phi) is 6.94. The molecule has 7 atom stereocenters. The first-order valence-electron chi connectivity index (χ1n) is 12.7. The number of fused-ring (bicyclic) bond motifs is 5. The minimum absolute atomic E-state index is 0.0244. The van der Waals surface area contributed by atoms with Gasteiger partial charge in [-0.1, -0.05) is 12.2 Å². The summed E-state index contributed by atoms with van der Waals surface area (Å²) in [6.45, 7) is -4.91. The Balaban J connectivity index is 1.17. The Bertz CT molecular complexity index is 1930. The smallest absolute Gasteiger partial charge is 0.382 e. The molecule has 3 saturated heterocycles. The maximum Gasteiger partial charge on any atom is 0.386 e. The lowest BCUT2D eigenvalue weighted by atomic mass is 10.1. The van der Waals surface area contributed by atoms with Gasteiger partial charge in [0.05, 0.1) is 38.0 Å². The van der Waals surface area contributed by atoms with Gasteiger partial charge in [0.1, 0.15) is 30.3 Å². The molecule has 4 aromatic heterocycles. The minimum Gasteiger partial charge on any atom is -0.382 e. The quantitative estimate of drug-likeness (QED) is 0.133. The van der Waals surface area contributed by atoms with E-state index in [0.717, 1.165) is 0 Å². The highest BCUT2D eigenvalue weighted by atomic mass is 32.7. The van der Waals surface area contributed by atoms with Gasteiger partial charge in [-0.3, -0.25) is 32.1 Å². The topological polar surface area (TPSA) is 269 Å². The molecule has 0 radical (unpaired) electrons. The number of nitrogens with zero attached hydrogens (tertiary/aromatic N) is 7. The number of aromatic nitrogens is 8. The highest BCUT2D eigenvalue weighted by Gasteiger charge is 2.45. The molecular formula is C20H24N11O9PS2. The van der Waals surface area contributed by atoms with Crippen molar-refractivity contribution in [3.05, 3.63) is 29.3 Å². The van der Waals surface area contributed by atoms with Gasteiger partial charge in [-0.15, -0.1) is 0 Å². The van der Waals surface area contributed by atoms with Crippen molar-refractivity contribution in [2.24, 2.45) is 0 Å². The van der Waals surface area contributed by atoms with Crippen molar-refractivity contribution in [2.45, 2.75) is 49.7 Å². The standard InChI is InChI=1S/C20H24N11O9PS2/c21-15-13-16(24-5-23-15)30(6-25-13)12-2-9-11(39-12)4-36-41(33,42)40-10-1-8(3-37-43(34,35)29-9)38-19(10)31-7-26-14-17(31)27-20(22)28-18(14)32/h5-12,19,29H,1-4H2,(H,33,42)(H2,21,23,24)(H3,22,27,28,32)/t8-,9-,10+,11+,12+,19+,41+/m0/s1. The lowest BCUT2D eigenvalue weighted by Crippen LogP contribution is -2.43. The third kappa shape index (κ3) is 5.38. The van der Waals surface area contributed by atoms with Gasteiger partial charge in [-0.2, -0.15) is 18.1 Å². The first-order chi connectivity index (χ1) is 20.5. The summed E-state index contributed by atoms with van der Waals surface area (Å²) in [5.41, 5.74) is 11.8. The van der Waals surface area contributed by atoms with Crippen LogP contribution in [0.5, 0.6) is 0 Å². The lowest BCUT2D eigenvalue weighted by molar-refractivity contribution is -0.0463. The number of imidazole rings is 2. The number of nitrogen functional groups attached to an aromatic ring is 2. The molecular weight excluding hydrogens is 633 g/mol. The van der Waals surface area contributed by atoms with Crippen LogP contribution in [-0.2, 0) is 37.6 Å². The largest absolute Gasteiger partial charge is 0.386 e. The van der Waals surface area contributed by atoms with Gasteiger partial charge in [0, 0.05) is 12.8 Å². The number of hydrogen-bond donors (Lipinski definition) is 5. The van der Waals surface area contributed by atoms with E-state index < -0.39 is 66.1 Å². The highest BCUT2D eigenvalue weighted by molar-refractivity contribution is 8.44. The average Bonchev–Trinajstić information content (AvgIpc) is 3.71. The van der Waals surface area contributed by atoms with E-state index in [1.807, 2.05) is 0 Å². The number of nitrogens with two attached hydrogens (primary N) is 2. The molecule has 2 bridgehead atoms. The van der Waals surface area contributed by atoms with Crippen LogP contribution in [0.1, 0.15) is 25.3 Å². The Labute approximate surface area is 246 Å². The van der Waals surface area contributed by atoms with Crippen LogP contribution in [-0.4, -0.2) is 85.0 Å². The molecule has 4 aromatic rings. The van der Waals surface area contributed by atoms with E-state index in [1.165, 1.54) is 23.5 Å². The Hall–Kier alpha value is -3.21. The van der Waals surface area contributed by atoms with Gasteiger partial charge in [0.15, 0.2) is 28.9 Å². The Morgan fingerprint density at radius 1 is 1.00 bits per heavy atom. The van der Waals surface area contributed by atoms with Crippen LogP contribution in [0.25, 0.3) is 22.3 Å². The normalized spacial score (nSPS) is 33.1. The van der Waals surface area contributed by atoms with Crippen LogP contribution in [0.2, 0.25) is 0 Å². The van der Waals surface area contributed by atoms with Crippen molar-refractivity contribution in [3.63, 3.8) is 0 Å². The number of anilines is 2. The lowest BCUT2D eigenvalue weighted by Gasteiger charge is -2.25. The molecule has 0 amide bonds. The van der Waals surface area contributed by atoms with Crippen LogP contribution in [0, 0.1) is 0 Å². The molecule has 6 N–H and O–H groups in total. The summed E-state index contributed by atoms with van der Waals surface area (Å²) in [6.07, 6.45) is -0.523. The first-order valence-corrected chi connectivity index (χ1v) is 16.9. The van der Waals surface area contributed by atoms with Crippen molar-refractivity contribution in [1.82, 2.24) is 43.8 Å². The molecule has 3 aliphatic rings. The number of aromatic amines is 1. The fraction of sp³-hybridized carbons (Fsp3) is 0.500. The number of thiol groups is 1. The predicted molar refractivity (Wildman–Crippen MR) is 149 cm³/mol. The maximum atomic E-state index is 13.4. The predicted octanol–water partition coefficient (Wildman–Crippen LogP) is -0.628. The SMILES string of the molecule is Nc1nc2c(ncn2[C@@H]2O[C@@H]3COS(=O)(=O)N[C@H]4C[C@H](n5cnc6c(N)ncnc65)O[C@@H]4CO[P@@](=O)(S)O[C@@H]2C3)c(=O)[nH]1. The number of nitrogens with one attached hydrogen (secondary N) is 2. The Morgan fingerprint density at radius 3 is 2.63 bits per heavy atom. The average molecular weight is 658 g/mol. The summed E-state index contributed by atoms with van der Waals surface area (Å²) in [4.78, 5) is 35.2. The van der Waals surface area contributed by atoms with Gasteiger partial charge in [0.25, 0.3) is 5.56 Å². The summed E-state index contributed by atoms with van der Waals surface area (Å²) in [6, 6.07) is -0.876. The van der Waals surface area contributed by atoms with Crippen molar-refractivity contribution in [2.75, 3.05) is 24.7 Å². The molecule has 23 heteroatoms. The Morgan fingerprint density at radius 2 is 1.79 bits per heavy atom. The van der Waals surface area contributed by atoms with E-state index in [0.29, 0.717) is 11.2 Å². The van der Waals surface area contributed by atoms with Crippen molar-refractivity contribution in [1.29, 1.82) is 0 Å². The number of H-pyrrole nitrogens is 1. The summed E-state index contributed by atoms with van der Waals surface area (Å²) < 4.78 is 73.7. The summed E-state index contributed by atoms with van der Waals surface area (Å²) in [5.74, 6) is 0.000862. The molecule has 20 nitrogen and oxygen atoms in total. The van der Waals surface area contributed by atoms with E-state index in [1.54, 1.807) is 4.57 Å². The molecule has 0 spiro atoms. The molecule has 0 aromatic carbocycles. The van der Waals surface area contributed by atoms with Gasteiger partial charge in [-0.05, 0) is 0 Å². The first kappa shape index (κ1) is 28.6. The zero-order valence-electron chi connectivity index (χ0n) is 21.8. The van der Waals surface area contributed by atoms with Gasteiger partial charge >= 0.3 is 17.1 Å². The number of hydrogen-bond acceptors (Lipinski definition) is 16. The molecule has 7 heterocycles. The van der Waals surface area contributed by atoms with E-state index in [2.05, 4.69) is 46.9 Å². The molecule has 230 valence electrons. The van der Waals surface area contributed by atoms with Crippen molar-refractivity contribution < 1.29 is 35.7 Å². The third-order valence-electron chi connectivity index (χ3n) is 7.18. The fourth-order valence-corrected chi connectivity index (χ4v) is 7.82. The molecule has 0 saturated carbocycles. The monoisotopic (exact) mass is 657 g/mol. The summed E-state index contributed by atoms with van der Waals surface area (Å²) in [5, 5.41) is 0. The van der Waals surface area contributed by atoms with Crippen LogP contribution >= 0.6 is 19.0 Å². The van der Waals surface area contributed by atoms with Gasteiger partial charge < -0.3 is 20.9 Å². The fourth-order valence-electron chi connectivity index (χ4n) is 5.31. The molecule has 3 aliphatic heterocycles. The third-order valence-corrected chi connectivity index (χ3v) is 9.86. The molecule has 7 rings (SSSR count). The zero-order valence-corrected chi connectivity index (χ0v) is 24.4. The van der Waals surface area contributed by atoms with Crippen molar-refractivity contribution >= 4 is 63.4 Å². The molecule has 0 unspecified atom stereocenters. The zero-order chi connectivity index (χ0) is 30.1. The van der Waals surface area contributed by atoms with E-state index >= 15 is 0 Å². The van der Waals surface area contributed by atoms with Crippen LogP contribution in [0.15, 0.2) is 23.8 Å². The molecule has 3 fully saturated rings. The van der Waals surface area contributed by atoms with E-state index in [-0.39, 0.29) is 42.4 Å². The highest BCUT2D eigenvalue weighted by Crippen LogP contribution is 2.57. The summed E-state index contributed by atoms with van der Waals surface area (Å²) in [7, 11) is -4.35. The number of ether oxygens (including phenoxy) is 2. The minimum atomic E-state index is -4.35. The number of rotatable bonds is 2. The maximum absolute atomic E-state index is 13.4. The second-order valence-electron chi connectivity index (χ2n) is 9.98. The van der Waals surface area contributed by atoms with E-state index in [4.69, 9.17) is 34.2 Å². The van der Waals surface area contributed by atoms with Gasteiger partial charge in [-0.25, -0.2) is 24.5 Å². The molecule has 43 heavy (non-hydrogen) atoms. The van der Waals surface area contributed by atoms with Crippen molar-refractivity contribution in [3.8, 4) is 0 Å². The second kappa shape index (κ2) is 10.5. The van der Waals surface area contributed by atoms with E-state index in [9.17, 15) is 17.8 Å². The van der Waals surface area contributed by atoms with Crippen LogP contribution in [0.4, 0.5) is 11.8 Å². The summed E-state index contributed by atoms with van der Waals surface area (Å²) >= 11 is 4.16. The molecule has 0 aliphatic carbocycles. The van der Waals surface area contributed by atoms with Crippen LogP contribution < -0.4 is 21.7 Å². The second-order valence-corrected chi connectivity index (χ2v) is 14.2. The van der Waals surface area contributed by atoms with Crippen LogP contribution in [0.3, 0.4) is 0 Å². The van der Waals surface area contributed by atoms with Gasteiger partial charge in [0.2, 0.25) is 5.95 Å².